The summed E-state index contributed by atoms with van der Waals surface area (Å²) in [5.41, 5.74) is 0. The van der Waals surface area contributed by atoms with Gasteiger partial charge in [0.05, 0.1) is 27.0 Å². The Bertz CT molecular complexity index is 212. The zero-order chi connectivity index (χ0) is 9.23. The Balaban J connectivity index is 3.66. The molecule has 0 aromatic heterocycles. The maximum absolute atomic E-state index is 8.45. The molecule has 0 amide bonds. The number of hydrogen-bond donors (Lipinski definition) is 0. The number of rotatable bonds is 5. The van der Waals surface area contributed by atoms with Gasteiger partial charge in [0.2, 0.25) is 0 Å². The van der Waals surface area contributed by atoms with Crippen molar-refractivity contribution in [3.05, 3.63) is 0 Å². The molecule has 0 aliphatic carbocycles. The first kappa shape index (κ1) is 10.7. The van der Waals surface area contributed by atoms with E-state index in [4.69, 9.17) is 15.8 Å². The van der Waals surface area contributed by atoms with Crippen LogP contribution in [-0.2, 0) is 0 Å². The molecular formula is C8H11N3Si. The van der Waals surface area contributed by atoms with E-state index in [1.54, 1.807) is 0 Å². The lowest BCUT2D eigenvalue weighted by atomic mass is 10.5. The summed E-state index contributed by atoms with van der Waals surface area (Å²) in [4.78, 5) is 0. The lowest BCUT2D eigenvalue weighted by Gasteiger charge is -2.05. The van der Waals surface area contributed by atoms with Gasteiger partial charge in [0, 0.05) is 18.9 Å². The molecule has 0 unspecified atom stereocenters. The molecule has 0 atom stereocenters. The standard InChI is InChI=1S/C8H11N3Si/c9-3-1-6-12(8-5-11)7-2-4-10/h12H,1-2,6-8H2. The maximum Gasteiger partial charge on any atom is 0.0618 e. The van der Waals surface area contributed by atoms with Gasteiger partial charge in [0.15, 0.2) is 0 Å². The van der Waals surface area contributed by atoms with Crippen LogP contribution in [0.15, 0.2) is 0 Å². The zero-order valence-corrected chi connectivity index (χ0v) is 8.11. The van der Waals surface area contributed by atoms with Gasteiger partial charge >= 0.3 is 0 Å². The Labute approximate surface area is 74.4 Å². The molecule has 0 radical (unpaired) electrons. The molecular weight excluding hydrogens is 166 g/mol. The molecule has 0 fully saturated rings. The second kappa shape index (κ2) is 7.79. The summed E-state index contributed by atoms with van der Waals surface area (Å²) in [6.45, 7) is 0. The summed E-state index contributed by atoms with van der Waals surface area (Å²) in [5.74, 6) is 0. The van der Waals surface area contributed by atoms with E-state index in [0.29, 0.717) is 18.9 Å². The van der Waals surface area contributed by atoms with Crippen molar-refractivity contribution in [1.82, 2.24) is 0 Å². The van der Waals surface area contributed by atoms with E-state index in [1.807, 2.05) is 0 Å². The summed E-state index contributed by atoms with van der Waals surface area (Å²) in [6, 6.07) is 8.64. The molecule has 0 saturated heterocycles. The second-order valence-electron chi connectivity index (χ2n) is 2.62. The Morgan fingerprint density at radius 2 is 1.33 bits per heavy atom. The van der Waals surface area contributed by atoms with Gasteiger partial charge in [-0.1, -0.05) is 0 Å². The summed E-state index contributed by atoms with van der Waals surface area (Å²) < 4.78 is 0. The van der Waals surface area contributed by atoms with Crippen molar-refractivity contribution in [3.63, 3.8) is 0 Å². The van der Waals surface area contributed by atoms with Crippen LogP contribution < -0.4 is 0 Å². The molecule has 0 aromatic rings. The van der Waals surface area contributed by atoms with E-state index < -0.39 is 8.80 Å². The van der Waals surface area contributed by atoms with Gasteiger partial charge in [0.1, 0.15) is 0 Å². The van der Waals surface area contributed by atoms with E-state index >= 15 is 0 Å². The first-order valence-electron chi connectivity index (χ1n) is 3.96. The van der Waals surface area contributed by atoms with Crippen LogP contribution in [0.3, 0.4) is 0 Å². The predicted octanol–water partition coefficient (Wildman–Crippen LogP) is 1.56. The minimum absolute atomic E-state index is 0.546. The Kier molecular flexibility index (Phi) is 6.94. The van der Waals surface area contributed by atoms with E-state index in [9.17, 15) is 0 Å². The van der Waals surface area contributed by atoms with Crippen LogP contribution in [0, 0.1) is 34.0 Å². The van der Waals surface area contributed by atoms with Crippen LogP contribution in [0.2, 0.25) is 18.1 Å². The van der Waals surface area contributed by atoms with Gasteiger partial charge in [-0.3, -0.25) is 0 Å². The van der Waals surface area contributed by atoms with Crippen LogP contribution >= 0.6 is 0 Å². The predicted molar refractivity (Wildman–Crippen MR) is 47.6 cm³/mol. The Morgan fingerprint density at radius 1 is 0.833 bits per heavy atom. The molecule has 4 heteroatoms. The average molecular weight is 177 g/mol. The molecule has 0 rings (SSSR count). The fraction of sp³-hybridized carbons (Fsp3) is 0.625. The van der Waals surface area contributed by atoms with Crippen molar-refractivity contribution in [1.29, 1.82) is 15.8 Å². The molecule has 0 heterocycles. The van der Waals surface area contributed by atoms with E-state index in [1.165, 1.54) is 0 Å². The van der Waals surface area contributed by atoms with Crippen LogP contribution in [0.4, 0.5) is 0 Å². The molecule has 0 N–H and O–H groups in total. The van der Waals surface area contributed by atoms with Gasteiger partial charge < -0.3 is 0 Å². The van der Waals surface area contributed by atoms with E-state index in [-0.39, 0.29) is 0 Å². The molecule has 0 spiro atoms. The molecule has 12 heavy (non-hydrogen) atoms. The molecule has 0 aromatic carbocycles. The van der Waals surface area contributed by atoms with E-state index in [2.05, 4.69) is 18.2 Å². The number of nitriles is 3. The molecule has 0 bridgehead atoms. The van der Waals surface area contributed by atoms with Crippen molar-refractivity contribution >= 4 is 8.80 Å². The van der Waals surface area contributed by atoms with Crippen molar-refractivity contribution in [2.75, 3.05) is 0 Å². The summed E-state index contributed by atoms with van der Waals surface area (Å²) in [6.07, 6.45) is 1.09. The minimum Gasteiger partial charge on any atom is -0.199 e. The van der Waals surface area contributed by atoms with Gasteiger partial charge in [-0.25, -0.2) is 0 Å². The summed E-state index contributed by atoms with van der Waals surface area (Å²) >= 11 is 0. The van der Waals surface area contributed by atoms with Crippen LogP contribution in [-0.4, -0.2) is 8.80 Å². The van der Waals surface area contributed by atoms with Gasteiger partial charge in [-0.05, 0) is 12.1 Å². The highest BCUT2D eigenvalue weighted by molar-refractivity contribution is 6.59. The monoisotopic (exact) mass is 177 g/mol. The molecule has 0 saturated carbocycles. The zero-order valence-electron chi connectivity index (χ0n) is 6.95. The Morgan fingerprint density at radius 3 is 1.67 bits per heavy atom. The van der Waals surface area contributed by atoms with Crippen LogP contribution in [0.1, 0.15) is 12.8 Å². The average Bonchev–Trinajstić information content (AvgIpc) is 2.10. The first-order chi connectivity index (χ1) is 5.85. The second-order valence-corrected chi connectivity index (χ2v) is 5.92. The highest BCUT2D eigenvalue weighted by atomic mass is 28.3. The molecule has 0 aliphatic rings. The first-order valence-corrected chi connectivity index (χ1v) is 6.41. The summed E-state index contributed by atoms with van der Waals surface area (Å²) in [7, 11) is -1.08. The fourth-order valence-electron chi connectivity index (χ4n) is 1.01. The third kappa shape index (κ3) is 5.47. The number of nitrogens with zero attached hydrogens (tertiary/aromatic N) is 3. The third-order valence-corrected chi connectivity index (χ3v) is 4.68. The normalized spacial score (nSPS) is 8.50. The van der Waals surface area contributed by atoms with Gasteiger partial charge in [-0.2, -0.15) is 15.8 Å². The van der Waals surface area contributed by atoms with Crippen molar-refractivity contribution < 1.29 is 0 Å². The van der Waals surface area contributed by atoms with E-state index in [0.717, 1.165) is 12.1 Å². The lowest BCUT2D eigenvalue weighted by molar-refractivity contribution is 1.11. The summed E-state index contributed by atoms with van der Waals surface area (Å²) in [5, 5.41) is 25.1. The highest BCUT2D eigenvalue weighted by Gasteiger charge is 2.08. The minimum atomic E-state index is -1.08. The largest absolute Gasteiger partial charge is 0.199 e. The smallest absolute Gasteiger partial charge is 0.0618 e. The molecule has 3 nitrogen and oxygen atoms in total. The lowest BCUT2D eigenvalue weighted by Crippen LogP contribution is -2.09. The molecule has 0 aliphatic heterocycles. The topological polar surface area (TPSA) is 71.4 Å². The molecule has 62 valence electrons. The SMILES string of the molecule is N#CCC[SiH](CC#N)CCC#N. The quantitative estimate of drug-likeness (QED) is 0.598. The van der Waals surface area contributed by atoms with Crippen molar-refractivity contribution in [3.8, 4) is 18.2 Å². The number of hydrogen-bond acceptors (Lipinski definition) is 3. The Hall–Kier alpha value is -1.31. The highest BCUT2D eigenvalue weighted by Crippen LogP contribution is 2.09. The fourth-order valence-corrected chi connectivity index (χ4v) is 3.04. The van der Waals surface area contributed by atoms with Crippen LogP contribution in [0.5, 0.6) is 0 Å². The van der Waals surface area contributed by atoms with Gasteiger partial charge in [-0.15, -0.1) is 0 Å². The maximum atomic E-state index is 8.45. The van der Waals surface area contributed by atoms with Crippen molar-refractivity contribution in [2.24, 2.45) is 0 Å². The van der Waals surface area contributed by atoms with Crippen LogP contribution in [0.25, 0.3) is 0 Å². The van der Waals surface area contributed by atoms with Gasteiger partial charge in [0.25, 0.3) is 0 Å². The third-order valence-electron chi connectivity index (χ3n) is 1.71. The van der Waals surface area contributed by atoms with Crippen molar-refractivity contribution in [2.45, 2.75) is 31.0 Å².